The fourth-order valence-electron chi connectivity index (χ4n) is 10.5. The Morgan fingerprint density at radius 2 is 1.26 bits per heavy atom. The molecule has 53 heavy (non-hydrogen) atoms. The van der Waals surface area contributed by atoms with Gasteiger partial charge in [-0.2, -0.15) is 0 Å². The molecule has 2 aliphatic heterocycles. The summed E-state index contributed by atoms with van der Waals surface area (Å²) in [6.45, 7) is 4.77. The van der Waals surface area contributed by atoms with E-state index in [1.165, 1.54) is 114 Å². The lowest BCUT2D eigenvalue weighted by atomic mass is 9.43. The van der Waals surface area contributed by atoms with E-state index in [4.69, 9.17) is 0 Å². The number of para-hydroxylation sites is 1. The van der Waals surface area contributed by atoms with Crippen LogP contribution in [0, 0.1) is 0 Å². The molecule has 4 heteroatoms. The minimum Gasteiger partial charge on any atom is -0.376 e. The van der Waals surface area contributed by atoms with Crippen LogP contribution in [0.1, 0.15) is 25.0 Å². The van der Waals surface area contributed by atoms with Crippen LogP contribution >= 0.6 is 11.3 Å². The van der Waals surface area contributed by atoms with Gasteiger partial charge >= 0.3 is 6.85 Å². The monoisotopic (exact) mass is 690 g/mol. The van der Waals surface area contributed by atoms with E-state index in [1.807, 2.05) is 11.3 Å². The van der Waals surface area contributed by atoms with Gasteiger partial charge in [0.05, 0.1) is 5.52 Å². The molecule has 0 unspecified atom stereocenters. The minimum absolute atomic E-state index is 0.0188. The molecule has 246 valence electrons. The van der Waals surface area contributed by atoms with Crippen LogP contribution in [0.5, 0.6) is 0 Å². The zero-order chi connectivity index (χ0) is 34.7. The minimum atomic E-state index is -0.101. The van der Waals surface area contributed by atoms with E-state index in [-0.39, 0.29) is 12.3 Å². The smallest absolute Gasteiger partial charge is 0.333 e. The van der Waals surface area contributed by atoms with Crippen LogP contribution < -0.4 is 15.7 Å². The second-order valence-electron chi connectivity index (χ2n) is 15.6. The molecule has 1 aliphatic carbocycles. The number of thiophene rings is 1. The highest BCUT2D eigenvalue weighted by Gasteiger charge is 2.46. The molecule has 3 aliphatic rings. The summed E-state index contributed by atoms with van der Waals surface area (Å²) in [5, 5.41) is 9.21. The molecule has 8 aromatic carbocycles. The largest absolute Gasteiger partial charge is 0.376 e. The molecule has 10 aromatic rings. The van der Waals surface area contributed by atoms with Crippen molar-refractivity contribution in [3.8, 4) is 27.9 Å². The fourth-order valence-corrected chi connectivity index (χ4v) is 11.7. The highest BCUT2D eigenvalue weighted by Crippen LogP contribution is 2.53. The van der Waals surface area contributed by atoms with E-state index in [2.05, 4.69) is 175 Å². The van der Waals surface area contributed by atoms with E-state index in [0.29, 0.717) is 0 Å². The number of hydrogen-bond donors (Lipinski definition) is 0. The molecule has 0 atom stereocenters. The average molecular weight is 691 g/mol. The first-order valence-electron chi connectivity index (χ1n) is 18.6. The van der Waals surface area contributed by atoms with Gasteiger partial charge in [-0.3, -0.25) is 0 Å². The van der Waals surface area contributed by atoms with Crippen LogP contribution in [-0.2, 0) is 5.41 Å². The first-order chi connectivity index (χ1) is 26.1. The highest BCUT2D eigenvalue weighted by molar-refractivity contribution is 7.26. The molecular formula is C49H31BN2S. The summed E-state index contributed by atoms with van der Waals surface area (Å²) in [5.41, 5.74) is 16.0. The number of benzene rings is 8. The van der Waals surface area contributed by atoms with Crippen molar-refractivity contribution in [2.75, 3.05) is 4.81 Å². The van der Waals surface area contributed by atoms with Gasteiger partial charge in [-0.05, 0) is 90.6 Å². The highest BCUT2D eigenvalue weighted by atomic mass is 32.1. The second-order valence-corrected chi connectivity index (χ2v) is 16.6. The molecule has 0 saturated heterocycles. The van der Waals surface area contributed by atoms with Crippen molar-refractivity contribution >= 4 is 93.2 Å². The molecule has 0 amide bonds. The van der Waals surface area contributed by atoms with Crippen LogP contribution in [0.15, 0.2) is 152 Å². The maximum absolute atomic E-state index is 2.69. The van der Waals surface area contributed by atoms with Gasteiger partial charge in [0.2, 0.25) is 0 Å². The van der Waals surface area contributed by atoms with E-state index < -0.39 is 0 Å². The first kappa shape index (κ1) is 28.5. The number of nitrogens with zero attached hydrogens (tertiary/aromatic N) is 2. The van der Waals surface area contributed by atoms with Gasteiger partial charge in [0, 0.05) is 48.9 Å². The Bertz CT molecular complexity index is 3290. The number of fused-ring (bicyclic) bond motifs is 16. The summed E-state index contributed by atoms with van der Waals surface area (Å²) >= 11 is 1.92. The Morgan fingerprint density at radius 3 is 2.15 bits per heavy atom. The van der Waals surface area contributed by atoms with E-state index >= 15 is 0 Å². The zero-order valence-electron chi connectivity index (χ0n) is 29.3. The van der Waals surface area contributed by atoms with Crippen molar-refractivity contribution in [2.24, 2.45) is 0 Å². The lowest BCUT2D eigenvalue weighted by Gasteiger charge is -2.43. The molecule has 13 rings (SSSR count). The number of anilines is 2. The second kappa shape index (κ2) is 9.66. The Morgan fingerprint density at radius 1 is 0.547 bits per heavy atom. The van der Waals surface area contributed by atoms with Gasteiger partial charge in [0.15, 0.2) is 0 Å². The van der Waals surface area contributed by atoms with Crippen LogP contribution in [0.4, 0.5) is 11.4 Å². The molecule has 2 nitrogen and oxygen atoms in total. The quantitative estimate of drug-likeness (QED) is 0.156. The molecule has 0 saturated carbocycles. The van der Waals surface area contributed by atoms with Gasteiger partial charge in [-0.25, -0.2) is 0 Å². The molecule has 0 N–H and O–H groups in total. The van der Waals surface area contributed by atoms with Crippen LogP contribution in [0.25, 0.3) is 80.7 Å². The summed E-state index contributed by atoms with van der Waals surface area (Å²) in [6.07, 6.45) is 0. The van der Waals surface area contributed by atoms with E-state index in [9.17, 15) is 0 Å². The Labute approximate surface area is 311 Å². The molecule has 0 bridgehead atoms. The Hall–Kier alpha value is -6.10. The number of rotatable bonds is 1. The molecular weight excluding hydrogens is 659 g/mol. The van der Waals surface area contributed by atoms with Crippen molar-refractivity contribution in [1.82, 2.24) is 4.57 Å². The molecule has 0 fully saturated rings. The normalized spacial score (nSPS) is 14.7. The van der Waals surface area contributed by atoms with E-state index in [0.717, 1.165) is 0 Å². The number of hydrogen-bond acceptors (Lipinski definition) is 2. The molecule has 2 aromatic heterocycles. The van der Waals surface area contributed by atoms with Crippen LogP contribution in [-0.4, -0.2) is 11.4 Å². The third-order valence-corrected chi connectivity index (χ3v) is 13.9. The lowest BCUT2D eigenvalue weighted by Crippen LogP contribution is -2.60. The third kappa shape index (κ3) is 3.38. The van der Waals surface area contributed by atoms with Gasteiger partial charge in [0.25, 0.3) is 0 Å². The van der Waals surface area contributed by atoms with Gasteiger partial charge in [-0.1, -0.05) is 135 Å². The van der Waals surface area contributed by atoms with Crippen molar-refractivity contribution in [3.63, 3.8) is 0 Å². The van der Waals surface area contributed by atoms with Gasteiger partial charge in [0.1, 0.15) is 4.83 Å². The maximum Gasteiger partial charge on any atom is 0.333 e. The maximum atomic E-state index is 2.69. The van der Waals surface area contributed by atoms with Gasteiger partial charge in [-0.15, -0.1) is 11.3 Å². The first-order valence-corrected chi connectivity index (χ1v) is 19.5. The Kier molecular flexibility index (Phi) is 5.19. The zero-order valence-corrected chi connectivity index (χ0v) is 30.1. The lowest BCUT2D eigenvalue weighted by molar-refractivity contribution is 0.660. The van der Waals surface area contributed by atoms with Crippen molar-refractivity contribution in [1.29, 1.82) is 0 Å². The summed E-state index contributed by atoms with van der Waals surface area (Å²) in [4.78, 5) is 4.02. The number of aromatic nitrogens is 1. The van der Waals surface area contributed by atoms with Crippen molar-refractivity contribution in [3.05, 3.63) is 163 Å². The summed E-state index contributed by atoms with van der Waals surface area (Å²) in [5.74, 6) is 0. The van der Waals surface area contributed by atoms with Crippen LogP contribution in [0.2, 0.25) is 0 Å². The average Bonchev–Trinajstić information content (AvgIpc) is 3.81. The predicted molar refractivity (Wildman–Crippen MR) is 228 cm³/mol. The molecule has 4 heterocycles. The van der Waals surface area contributed by atoms with Crippen LogP contribution in [0.3, 0.4) is 0 Å². The topological polar surface area (TPSA) is 8.17 Å². The SMILES string of the molecule is CC1(C)c2ccccc2-c2ccc(N3B4c5c(cc6ccccc6c5-c5c3ccc3ccccc53)-n3c5sc6ccccc6c5c5cccc4c53)cc21. The summed E-state index contributed by atoms with van der Waals surface area (Å²) in [7, 11) is 0. The standard InChI is InChI=1S/C49H31BN2S/c1-49(2)37-19-9-7-16-33(37)34-24-23-30(27-38(34)49)52-40-25-22-28-12-3-5-14-31(28)44(40)45-32-15-6-4-13-29(32)26-41-46(45)50(52)39-20-11-18-36-43-35-17-8-10-21-42(35)53-48(43)51(41)47(36)39/h3-27H,1-2H3. The molecule has 0 radical (unpaired) electrons. The fraction of sp³-hybridized carbons (Fsp3) is 0.0612. The van der Waals surface area contributed by atoms with Gasteiger partial charge < -0.3 is 9.38 Å². The molecule has 0 spiro atoms. The van der Waals surface area contributed by atoms with E-state index in [1.54, 1.807) is 0 Å². The van der Waals surface area contributed by atoms with Crippen molar-refractivity contribution < 1.29 is 0 Å². The summed E-state index contributed by atoms with van der Waals surface area (Å²) < 4.78 is 3.97. The summed E-state index contributed by atoms with van der Waals surface area (Å²) in [6, 6.07) is 57.5. The Balaban J connectivity index is 1.22. The third-order valence-electron chi connectivity index (χ3n) is 12.7. The van der Waals surface area contributed by atoms with Crippen molar-refractivity contribution in [2.45, 2.75) is 19.3 Å². The predicted octanol–water partition coefficient (Wildman–Crippen LogP) is 11.8.